The van der Waals surface area contributed by atoms with E-state index in [0.717, 1.165) is 11.6 Å². The van der Waals surface area contributed by atoms with Gasteiger partial charge in [-0.1, -0.05) is 29.3 Å². The summed E-state index contributed by atoms with van der Waals surface area (Å²) in [5.74, 6) is -1.82. The largest absolute Gasteiger partial charge is 0.465 e. The second kappa shape index (κ2) is 8.68. The number of nitrogens with zero attached hydrogens (tertiary/aromatic N) is 2. The van der Waals surface area contributed by atoms with Crippen LogP contribution >= 0.6 is 23.2 Å². The van der Waals surface area contributed by atoms with Crippen LogP contribution in [-0.4, -0.2) is 41.1 Å². The molecule has 2 amide bonds. The first-order valence-corrected chi connectivity index (χ1v) is 9.49. The summed E-state index contributed by atoms with van der Waals surface area (Å²) in [5.41, 5.74) is 0.649. The third-order valence-corrected chi connectivity index (χ3v) is 5.65. The fraction of sp³-hybridized carbons (Fsp3) is 0.250. The van der Waals surface area contributed by atoms with Gasteiger partial charge in [-0.15, -0.1) is 0 Å². The Labute approximate surface area is 176 Å². The van der Waals surface area contributed by atoms with E-state index in [0.29, 0.717) is 16.5 Å². The van der Waals surface area contributed by atoms with Crippen LogP contribution in [-0.2, 0) is 0 Å². The molecule has 2 N–H and O–H groups in total. The van der Waals surface area contributed by atoms with Crippen molar-refractivity contribution in [2.24, 2.45) is 0 Å². The molecule has 0 bridgehead atoms. The molecule has 1 heterocycles. The second-order valence-electron chi connectivity index (χ2n) is 6.68. The highest BCUT2D eigenvalue weighted by atomic mass is 35.5. The Kier molecular flexibility index (Phi) is 6.26. The molecule has 1 aliphatic rings. The van der Waals surface area contributed by atoms with Gasteiger partial charge < -0.3 is 15.3 Å². The summed E-state index contributed by atoms with van der Waals surface area (Å²) in [4.78, 5) is 25.3. The lowest BCUT2D eigenvalue weighted by Crippen LogP contribution is -2.51. The Morgan fingerprint density at radius 3 is 2.59 bits per heavy atom. The molecule has 2 aromatic carbocycles. The Morgan fingerprint density at radius 1 is 1.21 bits per heavy atom. The zero-order valence-electron chi connectivity index (χ0n) is 15.0. The first kappa shape index (κ1) is 20.9. The molecule has 0 spiro atoms. The van der Waals surface area contributed by atoms with Crippen LogP contribution in [0.3, 0.4) is 0 Å². The zero-order valence-corrected chi connectivity index (χ0v) is 16.5. The maximum atomic E-state index is 14.2. The molecule has 6 nitrogen and oxygen atoms in total. The number of carbonyl (C=O) groups is 2. The highest BCUT2D eigenvalue weighted by molar-refractivity contribution is 6.42. The van der Waals surface area contributed by atoms with Gasteiger partial charge >= 0.3 is 6.09 Å². The van der Waals surface area contributed by atoms with Crippen molar-refractivity contribution >= 4 is 35.2 Å². The van der Waals surface area contributed by atoms with Gasteiger partial charge in [-0.2, -0.15) is 5.26 Å². The van der Waals surface area contributed by atoms with E-state index >= 15 is 0 Å². The van der Waals surface area contributed by atoms with E-state index in [9.17, 15) is 19.1 Å². The number of likely N-dealkylation sites (tertiary alicyclic amines) is 1. The molecular formula is C20H16Cl2FN3O3. The van der Waals surface area contributed by atoms with Crippen LogP contribution in [0.4, 0.5) is 9.18 Å². The molecule has 0 aliphatic carbocycles. The van der Waals surface area contributed by atoms with Gasteiger partial charge in [-0.25, -0.2) is 9.18 Å². The van der Waals surface area contributed by atoms with Crippen molar-refractivity contribution in [2.75, 3.05) is 13.1 Å². The van der Waals surface area contributed by atoms with Gasteiger partial charge in [0, 0.05) is 25.0 Å². The van der Waals surface area contributed by atoms with Gasteiger partial charge in [-0.05, 0) is 42.3 Å². The minimum Gasteiger partial charge on any atom is -0.465 e. The van der Waals surface area contributed by atoms with E-state index < -0.39 is 23.9 Å². The SMILES string of the molecule is N#Cc1ccc(C(=O)N[C@@H]2CCN(C(=O)O)C[C@H]2c2ccc(Cl)c(Cl)c2)c(F)c1. The van der Waals surface area contributed by atoms with Crippen molar-refractivity contribution in [3.63, 3.8) is 0 Å². The Bertz CT molecular complexity index is 1010. The number of carboxylic acid groups (broad SMARTS) is 1. The first-order chi connectivity index (χ1) is 13.8. The summed E-state index contributed by atoms with van der Waals surface area (Å²) < 4.78 is 14.2. The highest BCUT2D eigenvalue weighted by Crippen LogP contribution is 2.32. The van der Waals surface area contributed by atoms with Crippen LogP contribution in [0.5, 0.6) is 0 Å². The quantitative estimate of drug-likeness (QED) is 0.752. The number of nitrogens with one attached hydrogen (secondary N) is 1. The Balaban J connectivity index is 1.87. The summed E-state index contributed by atoms with van der Waals surface area (Å²) in [5, 5.41) is 21.7. The fourth-order valence-electron chi connectivity index (χ4n) is 3.39. The number of nitriles is 1. The van der Waals surface area contributed by atoms with Crippen LogP contribution in [0.15, 0.2) is 36.4 Å². The third kappa shape index (κ3) is 4.61. The molecule has 1 fully saturated rings. The van der Waals surface area contributed by atoms with Gasteiger partial charge in [0.15, 0.2) is 0 Å². The van der Waals surface area contributed by atoms with E-state index in [4.69, 9.17) is 28.5 Å². The lowest BCUT2D eigenvalue weighted by molar-refractivity contribution is 0.0884. The lowest BCUT2D eigenvalue weighted by atomic mass is 9.86. The second-order valence-corrected chi connectivity index (χ2v) is 7.50. The smallest absolute Gasteiger partial charge is 0.407 e. The molecule has 0 saturated carbocycles. The van der Waals surface area contributed by atoms with Crippen LogP contribution in [0.1, 0.15) is 33.8 Å². The van der Waals surface area contributed by atoms with Crippen LogP contribution in [0.25, 0.3) is 0 Å². The summed E-state index contributed by atoms with van der Waals surface area (Å²) in [6.07, 6.45) is -0.709. The fourth-order valence-corrected chi connectivity index (χ4v) is 3.70. The molecule has 0 radical (unpaired) electrons. The van der Waals surface area contributed by atoms with Crippen LogP contribution in [0.2, 0.25) is 10.0 Å². The molecule has 9 heteroatoms. The third-order valence-electron chi connectivity index (χ3n) is 4.91. The van der Waals surface area contributed by atoms with E-state index in [1.54, 1.807) is 18.2 Å². The van der Waals surface area contributed by atoms with Crippen LogP contribution < -0.4 is 5.32 Å². The van der Waals surface area contributed by atoms with Crippen molar-refractivity contribution in [1.82, 2.24) is 10.2 Å². The summed E-state index contributed by atoms with van der Waals surface area (Å²) in [6, 6.07) is 9.97. The maximum absolute atomic E-state index is 14.2. The molecule has 0 aromatic heterocycles. The Hall–Kier alpha value is -2.82. The molecule has 150 valence electrons. The van der Waals surface area contributed by atoms with Crippen molar-refractivity contribution in [3.8, 4) is 6.07 Å². The molecule has 3 rings (SSSR count). The number of amides is 2. The minimum absolute atomic E-state index is 0.113. The predicted molar refractivity (Wildman–Crippen MR) is 106 cm³/mol. The average molecular weight is 436 g/mol. The van der Waals surface area contributed by atoms with Crippen molar-refractivity contribution in [1.29, 1.82) is 5.26 Å². The van der Waals surface area contributed by atoms with Crippen LogP contribution in [0, 0.1) is 17.1 Å². The van der Waals surface area contributed by atoms with Gasteiger partial charge in [0.1, 0.15) is 5.82 Å². The molecular weight excluding hydrogens is 420 g/mol. The van der Waals surface area contributed by atoms with Gasteiger partial charge in [0.05, 0.1) is 27.2 Å². The summed E-state index contributed by atoms with van der Waals surface area (Å²) in [7, 11) is 0. The van der Waals surface area contributed by atoms with E-state index in [2.05, 4.69) is 5.32 Å². The van der Waals surface area contributed by atoms with Gasteiger partial charge in [0.2, 0.25) is 0 Å². The number of hydrogen-bond donors (Lipinski definition) is 2. The van der Waals surface area contributed by atoms with Crippen molar-refractivity contribution in [2.45, 2.75) is 18.4 Å². The number of rotatable bonds is 3. The van der Waals surface area contributed by atoms with Crippen molar-refractivity contribution in [3.05, 3.63) is 69.0 Å². The molecule has 2 aromatic rings. The van der Waals surface area contributed by atoms with Crippen molar-refractivity contribution < 1.29 is 19.1 Å². The molecule has 2 atom stereocenters. The topological polar surface area (TPSA) is 93.4 Å². The van der Waals surface area contributed by atoms with Gasteiger partial charge in [-0.3, -0.25) is 4.79 Å². The van der Waals surface area contributed by atoms with Gasteiger partial charge in [0.25, 0.3) is 5.91 Å². The zero-order chi connectivity index (χ0) is 21.1. The summed E-state index contributed by atoms with van der Waals surface area (Å²) >= 11 is 12.1. The number of carbonyl (C=O) groups excluding carboxylic acids is 1. The Morgan fingerprint density at radius 2 is 1.97 bits per heavy atom. The standard InChI is InChI=1S/C20H16Cl2FN3O3/c21-15-4-2-12(8-16(15)22)14-10-26(20(28)29)6-5-18(14)25-19(27)13-3-1-11(9-24)7-17(13)23/h1-4,7-8,14,18H,5-6,10H2,(H,25,27)(H,28,29)/t14-,18+/m0/s1. The molecule has 1 saturated heterocycles. The number of hydrogen-bond acceptors (Lipinski definition) is 3. The number of piperidine rings is 1. The van der Waals surface area contributed by atoms with E-state index in [1.807, 2.05) is 6.07 Å². The summed E-state index contributed by atoms with van der Waals surface area (Å²) in [6.45, 7) is 0.377. The number of halogens is 3. The average Bonchev–Trinajstić information content (AvgIpc) is 2.70. The normalized spacial score (nSPS) is 18.8. The number of benzene rings is 2. The monoisotopic (exact) mass is 435 g/mol. The maximum Gasteiger partial charge on any atom is 0.407 e. The molecule has 1 aliphatic heterocycles. The first-order valence-electron chi connectivity index (χ1n) is 8.73. The highest BCUT2D eigenvalue weighted by Gasteiger charge is 2.34. The molecule has 29 heavy (non-hydrogen) atoms. The minimum atomic E-state index is -1.06. The lowest BCUT2D eigenvalue weighted by Gasteiger charge is -2.38. The molecule has 0 unspecified atom stereocenters. The van der Waals surface area contributed by atoms with E-state index in [-0.39, 0.29) is 30.1 Å². The predicted octanol–water partition coefficient (Wildman–Crippen LogP) is 4.27. The van der Waals surface area contributed by atoms with E-state index in [1.165, 1.54) is 17.0 Å².